The van der Waals surface area contributed by atoms with Crippen molar-refractivity contribution in [3.8, 4) is 0 Å². The van der Waals surface area contributed by atoms with Crippen molar-refractivity contribution in [2.45, 2.75) is 65.4 Å². The van der Waals surface area contributed by atoms with Gasteiger partial charge in [-0.25, -0.2) is 14.4 Å². The lowest BCUT2D eigenvalue weighted by Gasteiger charge is -2.22. The highest BCUT2D eigenvalue weighted by atomic mass is 16.6. The van der Waals surface area contributed by atoms with Crippen LogP contribution in [0.5, 0.6) is 0 Å². The van der Waals surface area contributed by atoms with Gasteiger partial charge in [0.1, 0.15) is 11.2 Å². The van der Waals surface area contributed by atoms with Crippen molar-refractivity contribution in [2.75, 3.05) is 6.61 Å². The second-order valence-electron chi connectivity index (χ2n) is 8.25. The molecule has 156 valence electrons. The van der Waals surface area contributed by atoms with Crippen molar-refractivity contribution in [3.05, 3.63) is 35.4 Å². The van der Waals surface area contributed by atoms with E-state index in [2.05, 4.69) is 5.32 Å². The van der Waals surface area contributed by atoms with E-state index in [9.17, 15) is 19.5 Å². The number of carboxylic acids is 1. The second-order valence-corrected chi connectivity index (χ2v) is 8.25. The Balaban J connectivity index is 2.55. The Morgan fingerprint density at radius 3 is 1.96 bits per heavy atom. The molecule has 0 fully saturated rings. The number of ether oxygens (including phenoxy) is 3. The van der Waals surface area contributed by atoms with Crippen LogP contribution in [0.25, 0.3) is 0 Å². The van der Waals surface area contributed by atoms with Crippen molar-refractivity contribution in [3.63, 3.8) is 0 Å². The summed E-state index contributed by atoms with van der Waals surface area (Å²) in [6.07, 6.45) is -0.829. The van der Waals surface area contributed by atoms with E-state index in [1.165, 1.54) is 0 Å². The van der Waals surface area contributed by atoms with Crippen LogP contribution < -0.4 is 5.32 Å². The van der Waals surface area contributed by atoms with Gasteiger partial charge in [-0.05, 0) is 59.2 Å². The fourth-order valence-electron chi connectivity index (χ4n) is 1.99. The number of carbonyl (C=O) groups excluding carboxylic acids is 2. The molecule has 0 saturated heterocycles. The van der Waals surface area contributed by atoms with Crippen molar-refractivity contribution in [2.24, 2.45) is 0 Å². The number of carboxylic acid groups (broad SMARTS) is 1. The van der Waals surface area contributed by atoms with Crippen LogP contribution in [-0.2, 0) is 25.6 Å². The standard InChI is InChI=1S/C20H29NO7/c1-19(2,3)27-17(24)14-9-7-13(8-10-14)11-26-12-15(16(22)23)21-18(25)28-20(4,5)6/h7-10,15H,11-12H2,1-6H3,(H,21,25)(H,22,23). The van der Waals surface area contributed by atoms with Crippen LogP contribution in [0.1, 0.15) is 57.5 Å². The largest absolute Gasteiger partial charge is 0.480 e. The Bertz CT molecular complexity index is 684. The summed E-state index contributed by atoms with van der Waals surface area (Å²) in [5, 5.41) is 11.5. The van der Waals surface area contributed by atoms with Crippen LogP contribution in [0.4, 0.5) is 4.79 Å². The molecule has 0 aromatic heterocycles. The van der Waals surface area contributed by atoms with E-state index in [0.717, 1.165) is 5.56 Å². The Morgan fingerprint density at radius 1 is 0.964 bits per heavy atom. The number of benzene rings is 1. The minimum Gasteiger partial charge on any atom is -0.480 e. The minimum atomic E-state index is -1.24. The van der Waals surface area contributed by atoms with Crippen LogP contribution in [-0.4, -0.2) is 47.0 Å². The maximum absolute atomic E-state index is 12.0. The highest BCUT2D eigenvalue weighted by Gasteiger charge is 2.24. The molecule has 8 heteroatoms. The average Bonchev–Trinajstić information content (AvgIpc) is 2.51. The molecular formula is C20H29NO7. The highest BCUT2D eigenvalue weighted by Crippen LogP contribution is 2.13. The Kier molecular flexibility index (Phi) is 7.99. The first-order valence-corrected chi connectivity index (χ1v) is 8.89. The smallest absolute Gasteiger partial charge is 0.408 e. The summed E-state index contributed by atoms with van der Waals surface area (Å²) >= 11 is 0. The minimum absolute atomic E-state index is 0.119. The fourth-order valence-corrected chi connectivity index (χ4v) is 1.99. The number of esters is 1. The van der Waals surface area contributed by atoms with Gasteiger partial charge >= 0.3 is 18.0 Å². The quantitative estimate of drug-likeness (QED) is 0.682. The monoisotopic (exact) mass is 395 g/mol. The van der Waals surface area contributed by atoms with Crippen molar-refractivity contribution in [1.82, 2.24) is 5.32 Å². The molecule has 1 amide bonds. The molecule has 8 nitrogen and oxygen atoms in total. The number of rotatable bonds is 7. The Hall–Kier alpha value is -2.61. The van der Waals surface area contributed by atoms with Gasteiger partial charge in [0.2, 0.25) is 0 Å². The van der Waals surface area contributed by atoms with Crippen molar-refractivity contribution >= 4 is 18.0 Å². The molecule has 0 spiro atoms. The lowest BCUT2D eigenvalue weighted by atomic mass is 10.1. The lowest BCUT2D eigenvalue weighted by Crippen LogP contribution is -2.46. The van der Waals surface area contributed by atoms with E-state index in [1.54, 1.807) is 65.8 Å². The molecule has 1 aromatic rings. The van der Waals surface area contributed by atoms with Crippen LogP contribution in [0, 0.1) is 0 Å². The average molecular weight is 395 g/mol. The van der Waals surface area contributed by atoms with E-state index in [1.807, 2.05) is 0 Å². The number of hydrogen-bond acceptors (Lipinski definition) is 6. The first-order valence-electron chi connectivity index (χ1n) is 8.89. The van der Waals surface area contributed by atoms with E-state index in [4.69, 9.17) is 14.2 Å². The molecule has 2 N–H and O–H groups in total. The van der Waals surface area contributed by atoms with Crippen LogP contribution in [0.3, 0.4) is 0 Å². The summed E-state index contributed by atoms with van der Waals surface area (Å²) in [6, 6.07) is 5.36. The molecule has 1 aromatic carbocycles. The molecule has 0 heterocycles. The molecule has 1 atom stereocenters. The predicted octanol–water partition coefficient (Wildman–Crippen LogP) is 3.14. The fraction of sp³-hybridized carbons (Fsp3) is 0.550. The SMILES string of the molecule is CC(C)(C)OC(=O)NC(COCc1ccc(C(=O)OC(C)(C)C)cc1)C(=O)O. The lowest BCUT2D eigenvalue weighted by molar-refractivity contribution is -0.141. The van der Waals surface area contributed by atoms with Crippen LogP contribution in [0.15, 0.2) is 24.3 Å². The summed E-state index contributed by atoms with van der Waals surface area (Å²) in [4.78, 5) is 35.0. The Morgan fingerprint density at radius 2 is 1.50 bits per heavy atom. The molecule has 0 aliphatic carbocycles. The summed E-state index contributed by atoms with van der Waals surface area (Å²) in [5.74, 6) is -1.65. The summed E-state index contributed by atoms with van der Waals surface area (Å²) in [5.41, 5.74) is -0.155. The molecule has 0 aliphatic heterocycles. The van der Waals surface area contributed by atoms with Crippen molar-refractivity contribution < 1.29 is 33.7 Å². The number of amides is 1. The van der Waals surface area contributed by atoms with E-state index in [-0.39, 0.29) is 13.2 Å². The second kappa shape index (κ2) is 9.54. The molecular weight excluding hydrogens is 366 g/mol. The zero-order valence-electron chi connectivity index (χ0n) is 17.2. The summed E-state index contributed by atoms with van der Waals surface area (Å²) in [6.45, 7) is 10.3. The number of carbonyl (C=O) groups is 3. The van der Waals surface area contributed by atoms with Gasteiger partial charge in [0, 0.05) is 0 Å². The number of aliphatic carboxylic acids is 1. The molecule has 1 unspecified atom stereocenters. The zero-order valence-corrected chi connectivity index (χ0v) is 17.2. The summed E-state index contributed by atoms with van der Waals surface area (Å²) in [7, 11) is 0. The molecule has 0 radical (unpaired) electrons. The number of alkyl carbamates (subject to hydrolysis) is 1. The number of hydrogen-bond donors (Lipinski definition) is 2. The first-order chi connectivity index (χ1) is 12.8. The molecule has 0 aliphatic rings. The molecule has 28 heavy (non-hydrogen) atoms. The third-order valence-corrected chi connectivity index (χ3v) is 3.13. The third-order valence-electron chi connectivity index (χ3n) is 3.13. The van der Waals surface area contributed by atoms with E-state index >= 15 is 0 Å². The van der Waals surface area contributed by atoms with Crippen LogP contribution >= 0.6 is 0 Å². The molecule has 0 saturated carbocycles. The van der Waals surface area contributed by atoms with Crippen LogP contribution in [0.2, 0.25) is 0 Å². The maximum atomic E-state index is 12.0. The van der Waals surface area contributed by atoms with Gasteiger partial charge in [-0.1, -0.05) is 12.1 Å². The van der Waals surface area contributed by atoms with Gasteiger partial charge in [0.15, 0.2) is 6.04 Å². The Labute approximate surface area is 165 Å². The molecule has 1 rings (SSSR count). The van der Waals surface area contributed by atoms with Gasteiger partial charge in [0.05, 0.1) is 18.8 Å². The van der Waals surface area contributed by atoms with E-state index in [0.29, 0.717) is 5.56 Å². The normalized spacial score (nSPS) is 12.8. The number of nitrogens with one attached hydrogen (secondary N) is 1. The first kappa shape index (κ1) is 23.4. The van der Waals surface area contributed by atoms with Gasteiger partial charge in [0.25, 0.3) is 0 Å². The van der Waals surface area contributed by atoms with Crippen molar-refractivity contribution in [1.29, 1.82) is 0 Å². The van der Waals surface area contributed by atoms with E-state index < -0.39 is 35.3 Å². The third kappa shape index (κ3) is 9.36. The predicted molar refractivity (Wildman–Crippen MR) is 102 cm³/mol. The van der Waals surface area contributed by atoms with Gasteiger partial charge in [-0.3, -0.25) is 0 Å². The topological polar surface area (TPSA) is 111 Å². The zero-order chi connectivity index (χ0) is 21.5. The van der Waals surface area contributed by atoms with Gasteiger partial charge in [-0.2, -0.15) is 0 Å². The highest BCUT2D eigenvalue weighted by molar-refractivity contribution is 5.89. The maximum Gasteiger partial charge on any atom is 0.408 e. The molecule has 0 bridgehead atoms. The van der Waals surface area contributed by atoms with Gasteiger partial charge < -0.3 is 24.6 Å². The van der Waals surface area contributed by atoms with Gasteiger partial charge in [-0.15, -0.1) is 0 Å². The summed E-state index contributed by atoms with van der Waals surface area (Å²) < 4.78 is 15.7.